The van der Waals surface area contributed by atoms with Crippen LogP contribution in [0.25, 0.3) is 0 Å². The van der Waals surface area contributed by atoms with Crippen molar-refractivity contribution in [3.05, 3.63) is 32.8 Å². The van der Waals surface area contributed by atoms with Crippen LogP contribution in [-0.2, 0) is 6.18 Å². The molecule has 0 bridgehead atoms. The van der Waals surface area contributed by atoms with Crippen molar-refractivity contribution in [3.63, 3.8) is 0 Å². The van der Waals surface area contributed by atoms with Crippen LogP contribution in [0.4, 0.5) is 13.2 Å². The lowest BCUT2D eigenvalue weighted by Crippen LogP contribution is -2.12. The van der Waals surface area contributed by atoms with Crippen molar-refractivity contribution in [2.45, 2.75) is 6.18 Å². The van der Waals surface area contributed by atoms with Crippen LogP contribution < -0.4 is 9.47 Å². The molecule has 0 unspecified atom stereocenters. The van der Waals surface area contributed by atoms with Crippen molar-refractivity contribution >= 4 is 34.4 Å². The van der Waals surface area contributed by atoms with Crippen LogP contribution in [0.2, 0.25) is 0 Å². The number of aromatic nitrogens is 3. The van der Waals surface area contributed by atoms with E-state index >= 15 is 0 Å². The largest absolute Gasteiger partial charge is 0.493 e. The number of aromatic amines is 1. The van der Waals surface area contributed by atoms with Gasteiger partial charge in [0.1, 0.15) is 0 Å². The lowest BCUT2D eigenvalue weighted by atomic mass is 10.2. The van der Waals surface area contributed by atoms with Crippen LogP contribution in [0.3, 0.4) is 0 Å². The van der Waals surface area contributed by atoms with Crippen LogP contribution >= 0.6 is 28.1 Å². The number of methoxy groups -OCH3 is 2. The molecule has 11 heteroatoms. The first kappa shape index (κ1) is 17.5. The van der Waals surface area contributed by atoms with E-state index in [0.29, 0.717) is 26.2 Å². The number of nitrogens with zero attached hydrogens (tertiary/aromatic N) is 3. The molecular weight excluding hydrogens is 401 g/mol. The lowest BCUT2D eigenvalue weighted by molar-refractivity contribution is -0.147. The minimum absolute atomic E-state index is 0.270. The molecule has 0 saturated carbocycles. The molecule has 1 N–H and O–H groups in total. The van der Waals surface area contributed by atoms with Gasteiger partial charge in [-0.05, 0) is 45.8 Å². The van der Waals surface area contributed by atoms with Crippen molar-refractivity contribution in [2.24, 2.45) is 5.10 Å². The Morgan fingerprint density at radius 2 is 2.04 bits per heavy atom. The van der Waals surface area contributed by atoms with Crippen LogP contribution in [0.15, 0.2) is 21.7 Å². The summed E-state index contributed by atoms with van der Waals surface area (Å²) in [6.45, 7) is 0. The second-order valence-electron chi connectivity index (χ2n) is 4.14. The number of ether oxygens (including phenoxy) is 2. The van der Waals surface area contributed by atoms with E-state index in [1.165, 1.54) is 20.4 Å². The number of H-pyrrole nitrogens is 1. The van der Waals surface area contributed by atoms with E-state index in [4.69, 9.17) is 21.7 Å². The number of alkyl halides is 3. The lowest BCUT2D eigenvalue weighted by Gasteiger charge is -2.10. The van der Waals surface area contributed by atoms with Gasteiger partial charge < -0.3 is 9.47 Å². The number of hydrogen-bond donors (Lipinski definition) is 1. The number of nitrogens with one attached hydrogen (secondary N) is 1. The van der Waals surface area contributed by atoms with Gasteiger partial charge in [0.2, 0.25) is 4.77 Å². The highest BCUT2D eigenvalue weighted by Gasteiger charge is 2.37. The van der Waals surface area contributed by atoms with Crippen LogP contribution in [-0.4, -0.2) is 35.3 Å². The summed E-state index contributed by atoms with van der Waals surface area (Å²) in [7, 11) is 2.91. The molecule has 1 heterocycles. The fourth-order valence-electron chi connectivity index (χ4n) is 1.72. The molecular formula is C12H10BrF3N4O2S. The van der Waals surface area contributed by atoms with E-state index in [2.05, 4.69) is 31.2 Å². The van der Waals surface area contributed by atoms with Crippen molar-refractivity contribution in [1.29, 1.82) is 0 Å². The highest BCUT2D eigenvalue weighted by Crippen LogP contribution is 2.36. The molecule has 0 atom stereocenters. The van der Waals surface area contributed by atoms with Gasteiger partial charge in [-0.25, -0.2) is 5.10 Å². The van der Waals surface area contributed by atoms with E-state index in [1.807, 2.05) is 0 Å². The molecule has 2 aromatic rings. The molecule has 124 valence electrons. The molecule has 1 aromatic carbocycles. The maximum atomic E-state index is 12.8. The van der Waals surface area contributed by atoms with E-state index in [-0.39, 0.29) is 4.77 Å². The summed E-state index contributed by atoms with van der Waals surface area (Å²) in [5.74, 6) is -0.381. The van der Waals surface area contributed by atoms with Gasteiger partial charge in [-0.1, -0.05) is 0 Å². The van der Waals surface area contributed by atoms with Crippen molar-refractivity contribution < 1.29 is 22.6 Å². The van der Waals surface area contributed by atoms with Gasteiger partial charge in [-0.2, -0.15) is 22.9 Å². The maximum Gasteiger partial charge on any atom is 0.453 e. The first-order valence-corrected chi connectivity index (χ1v) is 7.18. The van der Waals surface area contributed by atoms with E-state index < -0.39 is 12.0 Å². The number of halogens is 4. The molecule has 0 aliphatic heterocycles. The summed E-state index contributed by atoms with van der Waals surface area (Å²) >= 11 is 8.03. The average Bonchev–Trinajstić information content (AvgIpc) is 2.85. The molecule has 23 heavy (non-hydrogen) atoms. The normalized spacial score (nSPS) is 11.9. The first-order valence-electron chi connectivity index (χ1n) is 5.98. The molecule has 0 radical (unpaired) electrons. The third-order valence-electron chi connectivity index (χ3n) is 2.68. The second kappa shape index (κ2) is 6.71. The molecule has 1 aromatic heterocycles. The molecule has 0 aliphatic carbocycles. The number of rotatable bonds is 4. The number of benzene rings is 1. The minimum Gasteiger partial charge on any atom is -0.493 e. The van der Waals surface area contributed by atoms with Gasteiger partial charge in [0.15, 0.2) is 11.5 Å². The Balaban J connectivity index is 2.44. The Morgan fingerprint density at radius 1 is 1.35 bits per heavy atom. The summed E-state index contributed by atoms with van der Waals surface area (Å²) in [6.07, 6.45) is -3.48. The van der Waals surface area contributed by atoms with Crippen LogP contribution in [0, 0.1) is 4.77 Å². The Kier molecular flexibility index (Phi) is 5.09. The molecule has 0 fully saturated rings. The molecule has 0 spiro atoms. The van der Waals surface area contributed by atoms with Crippen molar-refractivity contribution in [3.8, 4) is 11.5 Å². The zero-order valence-corrected chi connectivity index (χ0v) is 14.2. The highest BCUT2D eigenvalue weighted by atomic mass is 79.9. The number of hydrogen-bond acceptors (Lipinski definition) is 5. The Labute approximate surface area is 142 Å². The predicted molar refractivity (Wildman–Crippen MR) is 82.7 cm³/mol. The smallest absolute Gasteiger partial charge is 0.453 e. The van der Waals surface area contributed by atoms with Gasteiger partial charge >= 0.3 is 6.18 Å². The molecule has 2 rings (SSSR count). The second-order valence-corrected chi connectivity index (χ2v) is 5.39. The summed E-state index contributed by atoms with van der Waals surface area (Å²) in [5, 5.41) is 8.92. The fourth-order valence-corrected chi connectivity index (χ4v) is 2.52. The third-order valence-corrected chi connectivity index (χ3v) is 3.54. The monoisotopic (exact) mass is 410 g/mol. The Hall–Kier alpha value is -1.88. The minimum atomic E-state index is -4.68. The van der Waals surface area contributed by atoms with E-state index in [9.17, 15) is 13.2 Å². The summed E-state index contributed by atoms with van der Waals surface area (Å²) in [4.78, 5) is 0. The summed E-state index contributed by atoms with van der Waals surface area (Å²) < 4.78 is 49.5. The van der Waals surface area contributed by atoms with Crippen molar-refractivity contribution in [2.75, 3.05) is 14.2 Å². The van der Waals surface area contributed by atoms with Gasteiger partial charge in [-0.3, -0.25) is 0 Å². The van der Waals surface area contributed by atoms with Crippen molar-refractivity contribution in [1.82, 2.24) is 14.9 Å². The van der Waals surface area contributed by atoms with Gasteiger partial charge in [0, 0.05) is 0 Å². The topological polar surface area (TPSA) is 64.4 Å². The first-order chi connectivity index (χ1) is 10.8. The van der Waals surface area contributed by atoms with Crippen LogP contribution in [0.1, 0.15) is 11.4 Å². The van der Waals surface area contributed by atoms with E-state index in [1.54, 1.807) is 12.1 Å². The standard InChI is InChI=1S/C12H10BrF3N4O2S/c1-21-8-4-6(3-7(13)9(8)22-2)5-17-20-10(12(14,15)16)18-19-11(20)23/h3-5H,1-2H3,(H,19,23)/b17-5-. The quantitative estimate of drug-likeness (QED) is 0.617. The Morgan fingerprint density at radius 3 is 2.61 bits per heavy atom. The molecule has 0 amide bonds. The molecule has 0 saturated heterocycles. The third kappa shape index (κ3) is 3.72. The zero-order valence-electron chi connectivity index (χ0n) is 11.8. The highest BCUT2D eigenvalue weighted by molar-refractivity contribution is 9.10. The van der Waals surface area contributed by atoms with Gasteiger partial charge in [0.25, 0.3) is 5.82 Å². The van der Waals surface area contributed by atoms with E-state index in [0.717, 1.165) is 0 Å². The Bertz CT molecular complexity index is 801. The fraction of sp³-hybridized carbons (Fsp3) is 0.250. The summed E-state index contributed by atoms with van der Waals surface area (Å²) in [5.41, 5.74) is 0.478. The molecule has 0 aliphatic rings. The SMILES string of the molecule is COc1cc(/C=N\n2c(C(F)(F)F)n[nH]c2=S)cc(Br)c1OC. The predicted octanol–water partition coefficient (Wildman–Crippen LogP) is 3.62. The maximum absolute atomic E-state index is 12.8. The van der Waals surface area contributed by atoms with Gasteiger partial charge in [-0.15, -0.1) is 5.10 Å². The van der Waals surface area contributed by atoms with Crippen LogP contribution in [0.5, 0.6) is 11.5 Å². The summed E-state index contributed by atoms with van der Waals surface area (Å²) in [6, 6.07) is 3.17. The average molecular weight is 411 g/mol. The molecule has 6 nitrogen and oxygen atoms in total. The zero-order chi connectivity index (χ0) is 17.2. The van der Waals surface area contributed by atoms with Gasteiger partial charge in [0.05, 0.1) is 24.9 Å².